The van der Waals surface area contributed by atoms with Crippen LogP contribution in [0.2, 0.25) is 0 Å². The summed E-state index contributed by atoms with van der Waals surface area (Å²) in [6.07, 6.45) is -0.0109. The SMILES string of the molecule is CCOC(=O)N[C@H](CNC(=O)c1c(F)cccc1F)CC(C)C. The highest BCUT2D eigenvalue weighted by molar-refractivity contribution is 5.94. The van der Waals surface area contributed by atoms with Gasteiger partial charge in [-0.05, 0) is 31.4 Å². The molecule has 1 aromatic rings. The third-order valence-electron chi connectivity index (χ3n) is 3.05. The monoisotopic (exact) mass is 328 g/mol. The molecule has 0 fully saturated rings. The Morgan fingerprint density at radius 2 is 1.83 bits per heavy atom. The Hall–Kier alpha value is -2.18. The molecule has 2 amide bonds. The highest BCUT2D eigenvalue weighted by atomic mass is 19.1. The normalized spacial score (nSPS) is 11.9. The zero-order chi connectivity index (χ0) is 17.4. The standard InChI is InChI=1S/C16H22F2N2O3/c1-4-23-16(22)20-11(8-10(2)3)9-19-15(21)14-12(17)6-5-7-13(14)18/h5-7,10-11H,4,8-9H2,1-3H3,(H,19,21)(H,20,22)/t11-/m0/s1. The summed E-state index contributed by atoms with van der Waals surface area (Å²) in [7, 11) is 0. The van der Waals surface area contributed by atoms with Gasteiger partial charge in [0.05, 0.1) is 6.61 Å². The van der Waals surface area contributed by atoms with Crippen LogP contribution in [0.5, 0.6) is 0 Å². The first kappa shape index (κ1) is 18.9. The summed E-state index contributed by atoms with van der Waals surface area (Å²) in [5, 5.41) is 5.07. The molecule has 1 aromatic carbocycles. The van der Waals surface area contributed by atoms with Gasteiger partial charge in [-0.2, -0.15) is 0 Å². The van der Waals surface area contributed by atoms with Gasteiger partial charge in [0.2, 0.25) is 0 Å². The average Bonchev–Trinajstić information content (AvgIpc) is 2.44. The molecule has 0 saturated carbocycles. The lowest BCUT2D eigenvalue weighted by atomic mass is 10.0. The third kappa shape index (κ3) is 6.22. The highest BCUT2D eigenvalue weighted by Gasteiger charge is 2.20. The first-order valence-corrected chi connectivity index (χ1v) is 7.50. The number of amides is 2. The van der Waals surface area contributed by atoms with Crippen molar-refractivity contribution in [2.75, 3.05) is 13.2 Å². The molecule has 0 aromatic heterocycles. The van der Waals surface area contributed by atoms with Crippen LogP contribution >= 0.6 is 0 Å². The van der Waals surface area contributed by atoms with E-state index < -0.39 is 35.2 Å². The molecule has 0 bridgehead atoms. The van der Waals surface area contributed by atoms with Crippen LogP contribution in [0.1, 0.15) is 37.6 Å². The van der Waals surface area contributed by atoms with Gasteiger partial charge in [0.15, 0.2) is 0 Å². The number of rotatable bonds is 7. The van der Waals surface area contributed by atoms with Crippen LogP contribution in [0.3, 0.4) is 0 Å². The second kappa shape index (κ2) is 9.07. The number of nitrogens with one attached hydrogen (secondary N) is 2. The minimum absolute atomic E-state index is 0.0452. The molecule has 0 unspecified atom stereocenters. The lowest BCUT2D eigenvalue weighted by Crippen LogP contribution is -2.44. The van der Waals surface area contributed by atoms with Crippen LogP contribution < -0.4 is 10.6 Å². The summed E-state index contributed by atoms with van der Waals surface area (Å²) in [5.41, 5.74) is -0.632. The second-order valence-corrected chi connectivity index (χ2v) is 5.50. The van der Waals surface area contributed by atoms with Crippen LogP contribution in [0.15, 0.2) is 18.2 Å². The molecule has 0 aliphatic rings. The van der Waals surface area contributed by atoms with E-state index in [0.717, 1.165) is 12.1 Å². The van der Waals surface area contributed by atoms with Crippen molar-refractivity contribution in [1.82, 2.24) is 10.6 Å². The van der Waals surface area contributed by atoms with E-state index in [-0.39, 0.29) is 19.1 Å². The summed E-state index contributed by atoms with van der Waals surface area (Å²) in [6, 6.07) is 2.82. The topological polar surface area (TPSA) is 67.4 Å². The van der Waals surface area contributed by atoms with Crippen molar-refractivity contribution in [1.29, 1.82) is 0 Å². The van der Waals surface area contributed by atoms with E-state index in [1.54, 1.807) is 6.92 Å². The fourth-order valence-corrected chi connectivity index (χ4v) is 2.12. The van der Waals surface area contributed by atoms with Crippen LogP contribution in [-0.4, -0.2) is 31.2 Å². The largest absolute Gasteiger partial charge is 0.450 e. The molecule has 2 N–H and O–H groups in total. The Labute approximate surface area is 134 Å². The summed E-state index contributed by atoms with van der Waals surface area (Å²) < 4.78 is 31.9. The Morgan fingerprint density at radius 1 is 1.22 bits per heavy atom. The van der Waals surface area contributed by atoms with Crippen molar-refractivity contribution < 1.29 is 23.1 Å². The zero-order valence-electron chi connectivity index (χ0n) is 13.5. The summed E-state index contributed by atoms with van der Waals surface area (Å²) in [6.45, 7) is 5.87. The molecule has 0 aliphatic carbocycles. The molecule has 23 heavy (non-hydrogen) atoms. The maximum Gasteiger partial charge on any atom is 0.407 e. The van der Waals surface area contributed by atoms with E-state index in [9.17, 15) is 18.4 Å². The number of ether oxygens (including phenoxy) is 1. The van der Waals surface area contributed by atoms with E-state index in [1.807, 2.05) is 13.8 Å². The Balaban J connectivity index is 2.69. The fourth-order valence-electron chi connectivity index (χ4n) is 2.12. The van der Waals surface area contributed by atoms with Crippen LogP contribution in [0, 0.1) is 17.6 Å². The summed E-state index contributed by atoms with van der Waals surface area (Å²) in [4.78, 5) is 23.4. The molecule has 1 rings (SSSR count). The van der Waals surface area contributed by atoms with Crippen LogP contribution in [-0.2, 0) is 4.74 Å². The molecule has 128 valence electrons. The van der Waals surface area contributed by atoms with Crippen molar-refractivity contribution in [3.8, 4) is 0 Å². The minimum Gasteiger partial charge on any atom is -0.450 e. The molecule has 0 spiro atoms. The van der Waals surface area contributed by atoms with Crippen molar-refractivity contribution in [3.63, 3.8) is 0 Å². The van der Waals surface area contributed by atoms with E-state index in [2.05, 4.69) is 10.6 Å². The number of hydrogen-bond donors (Lipinski definition) is 2. The number of halogens is 2. The Kier molecular flexibility index (Phi) is 7.44. The van der Waals surface area contributed by atoms with Gasteiger partial charge in [-0.3, -0.25) is 4.79 Å². The molecular weight excluding hydrogens is 306 g/mol. The molecule has 1 atom stereocenters. The Bertz CT molecular complexity index is 530. The molecule has 0 aliphatic heterocycles. The lowest BCUT2D eigenvalue weighted by molar-refractivity contribution is 0.0936. The van der Waals surface area contributed by atoms with Gasteiger partial charge in [0.1, 0.15) is 17.2 Å². The van der Waals surface area contributed by atoms with Gasteiger partial charge in [0, 0.05) is 12.6 Å². The predicted molar refractivity (Wildman–Crippen MR) is 82.1 cm³/mol. The second-order valence-electron chi connectivity index (χ2n) is 5.50. The van der Waals surface area contributed by atoms with Gasteiger partial charge < -0.3 is 15.4 Å². The maximum atomic E-state index is 13.6. The van der Waals surface area contributed by atoms with Crippen LogP contribution in [0.4, 0.5) is 13.6 Å². The predicted octanol–water partition coefficient (Wildman–Crippen LogP) is 2.86. The third-order valence-corrected chi connectivity index (χ3v) is 3.05. The summed E-state index contributed by atoms with van der Waals surface area (Å²) in [5.74, 6) is -2.47. The fraction of sp³-hybridized carbons (Fsp3) is 0.500. The zero-order valence-corrected chi connectivity index (χ0v) is 13.5. The van der Waals surface area contributed by atoms with Gasteiger partial charge in [0.25, 0.3) is 5.91 Å². The smallest absolute Gasteiger partial charge is 0.407 e. The van der Waals surface area contributed by atoms with Gasteiger partial charge in [-0.1, -0.05) is 19.9 Å². The molecule has 5 nitrogen and oxygen atoms in total. The van der Waals surface area contributed by atoms with E-state index in [0.29, 0.717) is 6.42 Å². The van der Waals surface area contributed by atoms with Crippen molar-refractivity contribution in [3.05, 3.63) is 35.4 Å². The number of benzene rings is 1. The maximum absolute atomic E-state index is 13.6. The first-order valence-electron chi connectivity index (χ1n) is 7.50. The molecule has 0 radical (unpaired) electrons. The highest BCUT2D eigenvalue weighted by Crippen LogP contribution is 2.12. The molecule has 0 saturated heterocycles. The van der Waals surface area contributed by atoms with E-state index >= 15 is 0 Å². The van der Waals surface area contributed by atoms with Gasteiger partial charge in [-0.25, -0.2) is 13.6 Å². The molecule has 0 heterocycles. The quantitative estimate of drug-likeness (QED) is 0.809. The number of carbonyl (C=O) groups is 2. The van der Waals surface area contributed by atoms with Gasteiger partial charge in [-0.15, -0.1) is 0 Å². The number of hydrogen-bond acceptors (Lipinski definition) is 3. The molecule has 7 heteroatoms. The first-order chi connectivity index (χ1) is 10.8. The Morgan fingerprint density at radius 3 is 2.35 bits per heavy atom. The van der Waals surface area contributed by atoms with Gasteiger partial charge >= 0.3 is 6.09 Å². The van der Waals surface area contributed by atoms with E-state index in [1.165, 1.54) is 6.07 Å². The number of carbonyl (C=O) groups excluding carboxylic acids is 2. The average molecular weight is 328 g/mol. The number of alkyl carbamates (subject to hydrolysis) is 1. The van der Waals surface area contributed by atoms with Crippen LogP contribution in [0.25, 0.3) is 0 Å². The van der Waals surface area contributed by atoms with Crippen molar-refractivity contribution in [2.45, 2.75) is 33.2 Å². The van der Waals surface area contributed by atoms with E-state index in [4.69, 9.17) is 4.74 Å². The molecular formula is C16H22F2N2O3. The van der Waals surface area contributed by atoms with Crippen molar-refractivity contribution >= 4 is 12.0 Å². The summed E-state index contributed by atoms with van der Waals surface area (Å²) >= 11 is 0. The van der Waals surface area contributed by atoms with Crippen molar-refractivity contribution in [2.24, 2.45) is 5.92 Å². The lowest BCUT2D eigenvalue weighted by Gasteiger charge is -2.21. The minimum atomic E-state index is -0.929.